The molecule has 8 nitrogen and oxygen atoms in total. The zero-order valence-electron chi connectivity index (χ0n) is 5.43. The fraction of sp³-hybridized carbons (Fsp3) is 0. The van der Waals surface area contributed by atoms with Crippen LogP contribution in [0.15, 0.2) is 0 Å². The second-order valence-corrected chi connectivity index (χ2v) is 0.274. The SMILES string of the molecule is N#C[S-].O.O.O.O.O.O.O.[La]. The van der Waals surface area contributed by atoms with Crippen LogP contribution in [-0.4, -0.2) is 38.3 Å². The third kappa shape index (κ3) is 2020. The van der Waals surface area contributed by atoms with E-state index in [1.54, 1.807) is 0 Å². The number of rotatable bonds is 0. The van der Waals surface area contributed by atoms with Gasteiger partial charge in [0.2, 0.25) is 0 Å². The normalized spacial score (nSPS) is 0.636. The van der Waals surface area contributed by atoms with Crippen molar-refractivity contribution in [2.45, 2.75) is 0 Å². The standard InChI is InChI=1S/CHNS.La.7H2O/c2-1-3;;;;;;;;/h3H;;7*1H2/p-1. The van der Waals surface area contributed by atoms with Crippen molar-refractivity contribution in [2.75, 3.05) is 0 Å². The van der Waals surface area contributed by atoms with Gasteiger partial charge in [-0.2, -0.15) is 0 Å². The van der Waals surface area contributed by atoms with Crippen LogP contribution in [-0.2, 0) is 12.6 Å². The summed E-state index contributed by atoms with van der Waals surface area (Å²) in [7, 11) is 0. The molecule has 0 fully saturated rings. The van der Waals surface area contributed by atoms with Gasteiger partial charge in [0.1, 0.15) is 0 Å². The fourth-order valence-electron chi connectivity index (χ4n) is 0. The first-order chi connectivity index (χ1) is 1.41. The Labute approximate surface area is 96.8 Å². The minimum Gasteiger partial charge on any atom is -0.696 e. The van der Waals surface area contributed by atoms with E-state index in [2.05, 4.69) is 12.6 Å². The van der Waals surface area contributed by atoms with Gasteiger partial charge in [-0.25, -0.2) is 5.26 Å². The Morgan fingerprint density at radius 2 is 0.727 bits per heavy atom. The van der Waals surface area contributed by atoms with Crippen molar-refractivity contribution in [1.29, 1.82) is 5.26 Å². The van der Waals surface area contributed by atoms with E-state index in [0.29, 0.717) is 0 Å². The summed E-state index contributed by atoms with van der Waals surface area (Å²) in [6, 6.07) is 0. The Morgan fingerprint density at radius 1 is 0.727 bits per heavy atom. The zero-order valence-corrected chi connectivity index (χ0v) is 9.88. The summed E-state index contributed by atoms with van der Waals surface area (Å²) in [5, 5.41) is 8.47. The van der Waals surface area contributed by atoms with Crippen LogP contribution >= 0.6 is 0 Å². The predicted molar refractivity (Wildman–Crippen MR) is 38.3 cm³/mol. The molecule has 0 aromatic rings. The molecule has 0 aliphatic carbocycles. The molecule has 0 heterocycles. The van der Waals surface area contributed by atoms with Crippen LogP contribution < -0.4 is 0 Å². The van der Waals surface area contributed by atoms with Gasteiger partial charge >= 0.3 is 0 Å². The summed E-state index contributed by atoms with van der Waals surface area (Å²) >= 11 is 3.70. The molecule has 0 amide bonds. The molecule has 0 aliphatic heterocycles. The molecule has 0 unspecified atom stereocenters. The molecule has 14 N–H and O–H groups in total. The Balaban J connectivity index is -0.000000000714. The van der Waals surface area contributed by atoms with E-state index >= 15 is 0 Å². The van der Waals surface area contributed by atoms with Gasteiger partial charge in [-0.15, -0.1) is 0 Å². The van der Waals surface area contributed by atoms with Crippen LogP contribution in [0.5, 0.6) is 0 Å². The molecule has 75 valence electrons. The summed E-state index contributed by atoms with van der Waals surface area (Å²) < 4.78 is 0. The maximum atomic E-state index is 7.13. The van der Waals surface area contributed by atoms with Gasteiger partial charge in [0.05, 0.1) is 0 Å². The molecule has 0 rings (SSSR count). The van der Waals surface area contributed by atoms with Crippen molar-refractivity contribution in [1.82, 2.24) is 0 Å². The summed E-state index contributed by atoms with van der Waals surface area (Å²) in [5.41, 5.74) is 0. The fourth-order valence-corrected chi connectivity index (χ4v) is 0. The quantitative estimate of drug-likeness (QED) is 0.312. The number of hydrogen-bond donors (Lipinski definition) is 0. The summed E-state index contributed by atoms with van der Waals surface area (Å²) in [4.78, 5) is 0. The molecule has 0 bridgehead atoms. The van der Waals surface area contributed by atoms with E-state index < -0.39 is 0 Å². The molecule has 0 saturated heterocycles. The minimum atomic E-state index is 0. The Hall–Kier alpha value is 0.625. The van der Waals surface area contributed by atoms with E-state index in [1.165, 1.54) is 5.40 Å². The molecular formula is CH14LaNO7S-. The van der Waals surface area contributed by atoms with E-state index in [9.17, 15) is 0 Å². The van der Waals surface area contributed by atoms with Crippen LogP contribution in [0.4, 0.5) is 0 Å². The van der Waals surface area contributed by atoms with Crippen LogP contribution in [0.2, 0.25) is 0 Å². The average molecular weight is 323 g/mol. The molecule has 0 aromatic carbocycles. The van der Waals surface area contributed by atoms with E-state index in [1.807, 2.05) is 0 Å². The third-order valence-corrected chi connectivity index (χ3v) is 0. The van der Waals surface area contributed by atoms with Crippen molar-refractivity contribution >= 4 is 12.6 Å². The van der Waals surface area contributed by atoms with Gasteiger partial charge in [0.25, 0.3) is 0 Å². The minimum absolute atomic E-state index is 0. The second-order valence-electron chi connectivity index (χ2n) is 0.0913. The first-order valence-corrected chi connectivity index (χ1v) is 0.836. The molecular weight excluding hydrogens is 309 g/mol. The van der Waals surface area contributed by atoms with E-state index in [0.717, 1.165) is 0 Å². The third-order valence-electron chi connectivity index (χ3n) is 0. The van der Waals surface area contributed by atoms with Gasteiger partial charge in [0, 0.05) is 35.6 Å². The van der Waals surface area contributed by atoms with Crippen LogP contribution in [0.3, 0.4) is 0 Å². The molecule has 0 saturated carbocycles. The van der Waals surface area contributed by atoms with Crippen LogP contribution in [0.1, 0.15) is 0 Å². The largest absolute Gasteiger partial charge is 0.696 e. The first-order valence-electron chi connectivity index (χ1n) is 0.428. The number of thiocyanates is 1. The van der Waals surface area contributed by atoms with Crippen molar-refractivity contribution < 1.29 is 73.9 Å². The van der Waals surface area contributed by atoms with Crippen LogP contribution in [0.25, 0.3) is 0 Å². The molecule has 10 heteroatoms. The smallest absolute Gasteiger partial charge is 0 e. The average Bonchev–Trinajstić information content (AvgIpc) is 0.918. The molecule has 0 aliphatic rings. The van der Waals surface area contributed by atoms with Crippen molar-refractivity contribution in [3.63, 3.8) is 0 Å². The first kappa shape index (κ1) is 190. The summed E-state index contributed by atoms with van der Waals surface area (Å²) in [5.74, 6) is 0. The topological polar surface area (TPSA) is 244 Å². The predicted octanol–water partition coefficient (Wildman–Crippen LogP) is -5.76. The second kappa shape index (κ2) is 373. The van der Waals surface area contributed by atoms with Crippen molar-refractivity contribution in [3.8, 4) is 5.40 Å². The number of nitrogens with zero attached hydrogens (tertiary/aromatic N) is 1. The molecule has 0 aromatic heterocycles. The Bertz CT molecular complexity index is 39.9. The van der Waals surface area contributed by atoms with Crippen LogP contribution in [0, 0.1) is 46.3 Å². The molecule has 11 heavy (non-hydrogen) atoms. The maximum absolute atomic E-state index is 7.13. The summed E-state index contributed by atoms with van der Waals surface area (Å²) in [6.45, 7) is 0. The maximum Gasteiger partial charge on any atom is 0 e. The monoisotopic (exact) mass is 323 g/mol. The molecule has 1 radical (unpaired) electrons. The Kier molecular flexibility index (Phi) is 6460. The Morgan fingerprint density at radius 3 is 0.727 bits per heavy atom. The zero-order chi connectivity index (χ0) is 2.71. The van der Waals surface area contributed by atoms with Gasteiger partial charge < -0.3 is 51.0 Å². The number of nitriles is 1. The van der Waals surface area contributed by atoms with Gasteiger partial charge in [-0.1, -0.05) is 5.40 Å². The van der Waals surface area contributed by atoms with Gasteiger partial charge in [-0.05, 0) is 0 Å². The number of hydrogen-bond acceptors (Lipinski definition) is 2. The van der Waals surface area contributed by atoms with Crippen molar-refractivity contribution in [2.24, 2.45) is 0 Å². The van der Waals surface area contributed by atoms with Crippen molar-refractivity contribution in [3.05, 3.63) is 0 Å². The van der Waals surface area contributed by atoms with E-state index in [4.69, 9.17) is 5.26 Å². The van der Waals surface area contributed by atoms with Gasteiger partial charge in [0.15, 0.2) is 0 Å². The molecule has 0 atom stereocenters. The molecule has 0 spiro atoms. The van der Waals surface area contributed by atoms with Gasteiger partial charge in [-0.3, -0.25) is 0 Å². The summed E-state index contributed by atoms with van der Waals surface area (Å²) in [6.07, 6.45) is 0. The van der Waals surface area contributed by atoms with E-state index in [-0.39, 0.29) is 73.9 Å².